The number of hydrogen-bond donors (Lipinski definition) is 3. The van der Waals surface area contributed by atoms with E-state index in [2.05, 4.69) is 10.3 Å². The minimum Gasteiger partial charge on any atom is -0.391 e. The number of amides is 1. The summed E-state index contributed by atoms with van der Waals surface area (Å²) in [6.07, 6.45) is 3.93. The molecule has 0 unspecified atom stereocenters. The molecule has 0 aliphatic heterocycles. The number of fused-ring (bicyclic) bond motifs is 1. The van der Waals surface area contributed by atoms with E-state index in [9.17, 15) is 9.90 Å². The van der Waals surface area contributed by atoms with Crippen molar-refractivity contribution in [2.45, 2.75) is 31.4 Å². The van der Waals surface area contributed by atoms with Gasteiger partial charge in [-0.25, -0.2) is 0 Å². The predicted molar refractivity (Wildman–Crippen MR) is 69.4 cm³/mol. The quantitative estimate of drug-likeness (QED) is 0.754. The largest absolute Gasteiger partial charge is 0.391 e. The van der Waals surface area contributed by atoms with Gasteiger partial charge >= 0.3 is 0 Å². The van der Waals surface area contributed by atoms with Crippen molar-refractivity contribution in [3.05, 3.63) is 36.0 Å². The predicted octanol–water partition coefficient (Wildman–Crippen LogP) is 1.81. The Bertz CT molecular complexity index is 576. The fraction of sp³-hybridized carbons (Fsp3) is 0.357. The van der Waals surface area contributed by atoms with E-state index < -0.39 is 6.10 Å². The third-order valence-corrected chi connectivity index (χ3v) is 3.63. The van der Waals surface area contributed by atoms with Crippen LogP contribution in [0.15, 0.2) is 30.5 Å². The average molecular weight is 244 g/mol. The van der Waals surface area contributed by atoms with Gasteiger partial charge in [0.1, 0.15) is 0 Å². The van der Waals surface area contributed by atoms with Crippen molar-refractivity contribution >= 4 is 16.8 Å². The maximum atomic E-state index is 12.2. The lowest BCUT2D eigenvalue weighted by atomic mass is 10.1. The van der Waals surface area contributed by atoms with Crippen LogP contribution >= 0.6 is 0 Å². The molecule has 3 rings (SSSR count). The highest BCUT2D eigenvalue weighted by Crippen LogP contribution is 2.21. The summed E-state index contributed by atoms with van der Waals surface area (Å²) in [5, 5.41) is 13.6. The lowest BCUT2D eigenvalue weighted by molar-refractivity contribution is 0.0875. The summed E-state index contributed by atoms with van der Waals surface area (Å²) in [5.41, 5.74) is 1.60. The Morgan fingerprint density at radius 1 is 1.33 bits per heavy atom. The molecule has 3 N–H and O–H groups in total. The number of aromatic nitrogens is 1. The molecule has 4 nitrogen and oxygen atoms in total. The van der Waals surface area contributed by atoms with E-state index in [1.165, 1.54) is 0 Å². The molecule has 1 fully saturated rings. The van der Waals surface area contributed by atoms with Crippen LogP contribution in [0.3, 0.4) is 0 Å². The Kier molecular flexibility index (Phi) is 2.80. The summed E-state index contributed by atoms with van der Waals surface area (Å²) < 4.78 is 0. The first-order valence-corrected chi connectivity index (χ1v) is 6.31. The number of rotatable bonds is 2. The van der Waals surface area contributed by atoms with E-state index in [-0.39, 0.29) is 11.9 Å². The van der Waals surface area contributed by atoms with Gasteiger partial charge < -0.3 is 15.4 Å². The maximum absolute atomic E-state index is 12.2. The molecular formula is C14H16N2O2. The Labute approximate surface area is 105 Å². The molecule has 0 spiro atoms. The molecule has 0 radical (unpaired) electrons. The molecule has 1 heterocycles. The first kappa shape index (κ1) is 11.3. The lowest BCUT2D eigenvalue weighted by Gasteiger charge is -2.15. The summed E-state index contributed by atoms with van der Waals surface area (Å²) in [4.78, 5) is 15.3. The zero-order chi connectivity index (χ0) is 12.5. The molecule has 1 saturated carbocycles. The van der Waals surface area contributed by atoms with Crippen LogP contribution in [0.1, 0.15) is 29.6 Å². The Hall–Kier alpha value is -1.81. The highest BCUT2D eigenvalue weighted by Gasteiger charge is 2.27. The minimum atomic E-state index is -0.404. The molecule has 18 heavy (non-hydrogen) atoms. The van der Waals surface area contributed by atoms with Gasteiger partial charge in [-0.05, 0) is 25.3 Å². The van der Waals surface area contributed by atoms with E-state index in [4.69, 9.17) is 0 Å². The summed E-state index contributed by atoms with van der Waals surface area (Å²) in [7, 11) is 0. The van der Waals surface area contributed by atoms with Crippen LogP contribution in [0.4, 0.5) is 0 Å². The number of carbonyl (C=O) groups is 1. The molecule has 1 aromatic carbocycles. The minimum absolute atomic E-state index is 0.105. The molecule has 1 amide bonds. The second kappa shape index (κ2) is 4.46. The fourth-order valence-electron chi connectivity index (χ4n) is 2.61. The summed E-state index contributed by atoms with van der Waals surface area (Å²) in [5.74, 6) is -0.113. The van der Waals surface area contributed by atoms with Crippen LogP contribution in [0.2, 0.25) is 0 Å². The molecule has 1 aromatic heterocycles. The van der Waals surface area contributed by atoms with Gasteiger partial charge in [-0.15, -0.1) is 0 Å². The SMILES string of the molecule is O=C(N[C@H]1CCC[C@@H]1O)c1c[nH]c2ccccc12. The van der Waals surface area contributed by atoms with E-state index >= 15 is 0 Å². The smallest absolute Gasteiger partial charge is 0.253 e. The summed E-state index contributed by atoms with van der Waals surface area (Å²) in [6.45, 7) is 0. The van der Waals surface area contributed by atoms with Crippen molar-refractivity contribution < 1.29 is 9.90 Å². The fourth-order valence-corrected chi connectivity index (χ4v) is 2.61. The number of para-hydroxylation sites is 1. The molecule has 1 aliphatic carbocycles. The Morgan fingerprint density at radius 3 is 2.94 bits per heavy atom. The number of hydrogen-bond acceptors (Lipinski definition) is 2. The van der Waals surface area contributed by atoms with Crippen LogP contribution in [-0.4, -0.2) is 28.1 Å². The number of nitrogens with one attached hydrogen (secondary N) is 2. The van der Waals surface area contributed by atoms with Crippen molar-refractivity contribution in [2.24, 2.45) is 0 Å². The lowest BCUT2D eigenvalue weighted by Crippen LogP contribution is -2.39. The molecule has 1 aliphatic rings. The van der Waals surface area contributed by atoms with E-state index in [1.54, 1.807) is 6.20 Å². The van der Waals surface area contributed by atoms with Crippen molar-refractivity contribution in [1.29, 1.82) is 0 Å². The molecule has 2 aromatic rings. The second-order valence-electron chi connectivity index (χ2n) is 4.83. The third-order valence-electron chi connectivity index (χ3n) is 3.63. The Morgan fingerprint density at radius 2 is 2.17 bits per heavy atom. The average Bonchev–Trinajstić information content (AvgIpc) is 2.96. The molecule has 0 bridgehead atoms. The van der Waals surface area contributed by atoms with Crippen LogP contribution in [0.5, 0.6) is 0 Å². The van der Waals surface area contributed by atoms with E-state index in [1.807, 2.05) is 24.3 Å². The van der Waals surface area contributed by atoms with Gasteiger partial charge in [0, 0.05) is 17.1 Å². The van der Waals surface area contributed by atoms with Gasteiger partial charge in [0.15, 0.2) is 0 Å². The van der Waals surface area contributed by atoms with Crippen LogP contribution < -0.4 is 5.32 Å². The van der Waals surface area contributed by atoms with Gasteiger partial charge in [0.25, 0.3) is 5.91 Å². The van der Waals surface area contributed by atoms with Crippen molar-refractivity contribution in [3.8, 4) is 0 Å². The first-order chi connectivity index (χ1) is 8.75. The molecule has 4 heteroatoms. The van der Waals surface area contributed by atoms with Gasteiger partial charge in [0.2, 0.25) is 0 Å². The molecule has 94 valence electrons. The van der Waals surface area contributed by atoms with Crippen LogP contribution in [0.25, 0.3) is 10.9 Å². The number of aliphatic hydroxyl groups excluding tert-OH is 1. The highest BCUT2D eigenvalue weighted by molar-refractivity contribution is 6.06. The van der Waals surface area contributed by atoms with Crippen molar-refractivity contribution in [3.63, 3.8) is 0 Å². The number of aromatic amines is 1. The highest BCUT2D eigenvalue weighted by atomic mass is 16.3. The second-order valence-corrected chi connectivity index (χ2v) is 4.83. The maximum Gasteiger partial charge on any atom is 0.253 e. The number of H-pyrrole nitrogens is 1. The standard InChI is InChI=1S/C14H16N2O2/c17-13-7-3-6-12(13)16-14(18)10-8-15-11-5-2-1-4-9(10)11/h1-2,4-5,8,12-13,15,17H,3,6-7H2,(H,16,18)/t12-,13-/m0/s1. The molecular weight excluding hydrogens is 228 g/mol. The van der Waals surface area contributed by atoms with E-state index in [0.717, 1.165) is 30.2 Å². The monoisotopic (exact) mass is 244 g/mol. The number of aliphatic hydroxyl groups is 1. The molecule has 0 saturated heterocycles. The summed E-state index contributed by atoms with van der Waals surface area (Å²) in [6, 6.07) is 7.60. The third kappa shape index (κ3) is 1.88. The van der Waals surface area contributed by atoms with Crippen LogP contribution in [0, 0.1) is 0 Å². The van der Waals surface area contributed by atoms with Crippen LogP contribution in [-0.2, 0) is 0 Å². The van der Waals surface area contributed by atoms with Gasteiger partial charge in [-0.3, -0.25) is 4.79 Å². The topological polar surface area (TPSA) is 65.1 Å². The van der Waals surface area contributed by atoms with Crippen molar-refractivity contribution in [1.82, 2.24) is 10.3 Å². The molecule has 2 atom stereocenters. The van der Waals surface area contributed by atoms with Gasteiger partial charge in [-0.1, -0.05) is 18.2 Å². The normalized spacial score (nSPS) is 23.4. The van der Waals surface area contributed by atoms with E-state index in [0.29, 0.717) is 5.56 Å². The number of benzene rings is 1. The van der Waals surface area contributed by atoms with Gasteiger partial charge in [-0.2, -0.15) is 0 Å². The first-order valence-electron chi connectivity index (χ1n) is 6.31. The van der Waals surface area contributed by atoms with Crippen molar-refractivity contribution in [2.75, 3.05) is 0 Å². The zero-order valence-corrected chi connectivity index (χ0v) is 10.0. The summed E-state index contributed by atoms with van der Waals surface area (Å²) >= 11 is 0. The van der Waals surface area contributed by atoms with Gasteiger partial charge in [0.05, 0.1) is 17.7 Å². The number of carbonyl (C=O) groups excluding carboxylic acids is 1. The zero-order valence-electron chi connectivity index (χ0n) is 10.0. The Balaban J connectivity index is 1.84.